The number of anilines is 1. The molecule has 0 saturated carbocycles. The summed E-state index contributed by atoms with van der Waals surface area (Å²) >= 11 is 1.01. The summed E-state index contributed by atoms with van der Waals surface area (Å²) in [6, 6.07) is 4.65. The lowest BCUT2D eigenvalue weighted by molar-refractivity contribution is -0.124. The van der Waals surface area contributed by atoms with Crippen LogP contribution in [-0.2, 0) is 4.79 Å². The highest BCUT2D eigenvalue weighted by Crippen LogP contribution is 2.24. The molecule has 1 saturated heterocycles. The number of thioether (sulfide) groups is 1. The molecule has 9 heteroatoms. The first-order chi connectivity index (χ1) is 10.1. The van der Waals surface area contributed by atoms with Gasteiger partial charge in [0.15, 0.2) is 0 Å². The summed E-state index contributed by atoms with van der Waals surface area (Å²) in [6.07, 6.45) is 0. The molecular weight excluding hydrogens is 292 g/mol. The molecule has 21 heavy (non-hydrogen) atoms. The Morgan fingerprint density at radius 1 is 1.48 bits per heavy atom. The fourth-order valence-corrected chi connectivity index (χ4v) is 2.55. The summed E-state index contributed by atoms with van der Waals surface area (Å²) in [4.78, 5) is 28.3. The Balaban J connectivity index is 2.12. The van der Waals surface area contributed by atoms with Crippen molar-refractivity contribution in [3.8, 4) is 12.1 Å². The molecule has 3 N–H and O–H groups in total. The zero-order valence-electron chi connectivity index (χ0n) is 10.8. The average molecular weight is 302 g/mol. The van der Waals surface area contributed by atoms with Crippen LogP contribution in [0.2, 0.25) is 0 Å². The van der Waals surface area contributed by atoms with Gasteiger partial charge in [0.25, 0.3) is 0 Å². The van der Waals surface area contributed by atoms with E-state index in [-0.39, 0.29) is 33.6 Å². The van der Waals surface area contributed by atoms with Crippen LogP contribution in [0.5, 0.6) is 0 Å². The third-order valence-corrected chi connectivity index (χ3v) is 3.72. The van der Waals surface area contributed by atoms with Gasteiger partial charge in [-0.25, -0.2) is 9.78 Å². The Kier molecular flexibility index (Phi) is 4.26. The third kappa shape index (κ3) is 3.04. The van der Waals surface area contributed by atoms with Crippen LogP contribution in [0, 0.1) is 22.7 Å². The van der Waals surface area contributed by atoms with E-state index in [1.807, 2.05) is 12.1 Å². The summed E-state index contributed by atoms with van der Waals surface area (Å²) in [6.45, 7) is 0.757. The number of pyridine rings is 1. The Morgan fingerprint density at radius 3 is 2.76 bits per heavy atom. The largest absolute Gasteiger partial charge is 0.383 e. The molecule has 1 aliphatic heterocycles. The number of nitrogens with two attached hydrogens (primary N) is 1. The lowest BCUT2D eigenvalue weighted by Crippen LogP contribution is -2.35. The van der Waals surface area contributed by atoms with Gasteiger partial charge in [-0.3, -0.25) is 9.69 Å². The van der Waals surface area contributed by atoms with Gasteiger partial charge in [0, 0.05) is 13.1 Å². The quantitative estimate of drug-likeness (QED) is 0.753. The molecule has 0 unspecified atom stereocenters. The van der Waals surface area contributed by atoms with Crippen molar-refractivity contribution in [1.82, 2.24) is 15.2 Å². The second-order valence-electron chi connectivity index (χ2n) is 4.06. The minimum atomic E-state index is -0.423. The van der Waals surface area contributed by atoms with Crippen molar-refractivity contribution >= 4 is 29.5 Å². The van der Waals surface area contributed by atoms with Crippen molar-refractivity contribution in [2.24, 2.45) is 0 Å². The molecule has 0 aliphatic carbocycles. The van der Waals surface area contributed by atoms with Gasteiger partial charge in [-0.15, -0.1) is 0 Å². The molecule has 1 aliphatic rings. The second kappa shape index (κ2) is 6.11. The van der Waals surface area contributed by atoms with Gasteiger partial charge in [0.05, 0.1) is 16.9 Å². The Bertz CT molecular complexity index is 690. The topological polar surface area (TPSA) is 136 Å². The second-order valence-corrected chi connectivity index (χ2v) is 5.03. The molecule has 2 heterocycles. The SMILES string of the molecule is N#Cc1cc(C#N)c(SCC(=O)N2CCNC2=O)nc1N. The lowest BCUT2D eigenvalue weighted by Gasteiger charge is -2.11. The fourth-order valence-electron chi connectivity index (χ4n) is 1.71. The lowest BCUT2D eigenvalue weighted by atomic mass is 10.2. The molecule has 1 fully saturated rings. The Morgan fingerprint density at radius 2 is 2.19 bits per heavy atom. The molecule has 0 spiro atoms. The van der Waals surface area contributed by atoms with Gasteiger partial charge in [0.2, 0.25) is 5.91 Å². The van der Waals surface area contributed by atoms with E-state index in [4.69, 9.17) is 16.3 Å². The van der Waals surface area contributed by atoms with Gasteiger partial charge in [-0.1, -0.05) is 11.8 Å². The van der Waals surface area contributed by atoms with E-state index in [9.17, 15) is 9.59 Å². The number of hydrogen-bond acceptors (Lipinski definition) is 7. The van der Waals surface area contributed by atoms with E-state index < -0.39 is 6.03 Å². The number of nitrogens with one attached hydrogen (secondary N) is 1. The number of nitrogens with zero attached hydrogens (tertiary/aromatic N) is 4. The number of aromatic nitrogens is 1. The zero-order valence-corrected chi connectivity index (χ0v) is 11.6. The number of hydrogen-bond donors (Lipinski definition) is 2. The van der Waals surface area contributed by atoms with Crippen LogP contribution in [-0.4, -0.2) is 40.7 Å². The van der Waals surface area contributed by atoms with E-state index in [1.54, 1.807) is 0 Å². The van der Waals surface area contributed by atoms with Gasteiger partial charge >= 0.3 is 6.03 Å². The number of imide groups is 1. The number of amides is 3. The number of rotatable bonds is 3. The fraction of sp³-hybridized carbons (Fsp3) is 0.250. The van der Waals surface area contributed by atoms with Crippen LogP contribution in [0.4, 0.5) is 10.6 Å². The highest BCUT2D eigenvalue weighted by molar-refractivity contribution is 8.00. The molecule has 0 aromatic carbocycles. The van der Waals surface area contributed by atoms with Crippen molar-refractivity contribution in [2.45, 2.75) is 5.03 Å². The zero-order chi connectivity index (χ0) is 15.4. The van der Waals surface area contributed by atoms with Crippen LogP contribution in [0.3, 0.4) is 0 Å². The third-order valence-electron chi connectivity index (χ3n) is 2.75. The molecule has 3 amide bonds. The number of carbonyl (C=O) groups is 2. The van der Waals surface area contributed by atoms with E-state index >= 15 is 0 Å². The average Bonchev–Trinajstić information content (AvgIpc) is 2.91. The minimum Gasteiger partial charge on any atom is -0.383 e. The number of nitrogen functional groups attached to an aromatic ring is 1. The van der Waals surface area contributed by atoms with Crippen molar-refractivity contribution in [2.75, 3.05) is 24.6 Å². The monoisotopic (exact) mass is 302 g/mol. The van der Waals surface area contributed by atoms with Gasteiger partial charge < -0.3 is 11.1 Å². The number of urea groups is 1. The van der Waals surface area contributed by atoms with Crippen LogP contribution in [0.15, 0.2) is 11.1 Å². The first-order valence-electron chi connectivity index (χ1n) is 5.88. The summed E-state index contributed by atoms with van der Waals surface area (Å²) in [5, 5.41) is 20.7. The van der Waals surface area contributed by atoms with E-state index in [0.29, 0.717) is 13.1 Å². The minimum absolute atomic E-state index is 0.00497. The molecule has 106 valence electrons. The standard InChI is InChI=1S/C12H10N6O2S/c13-4-7-3-8(5-14)11(17-10(7)15)21-6-9(19)18-2-1-16-12(18)20/h3H,1-2,6H2,(H2,15,17)(H,16,20). The van der Waals surface area contributed by atoms with Crippen molar-refractivity contribution in [3.05, 3.63) is 17.2 Å². The van der Waals surface area contributed by atoms with E-state index in [0.717, 1.165) is 16.7 Å². The molecule has 0 atom stereocenters. The van der Waals surface area contributed by atoms with Crippen molar-refractivity contribution in [3.63, 3.8) is 0 Å². The van der Waals surface area contributed by atoms with Crippen molar-refractivity contribution in [1.29, 1.82) is 10.5 Å². The van der Waals surface area contributed by atoms with Gasteiger partial charge in [-0.2, -0.15) is 10.5 Å². The van der Waals surface area contributed by atoms with E-state index in [1.165, 1.54) is 6.07 Å². The van der Waals surface area contributed by atoms with Gasteiger partial charge in [0.1, 0.15) is 23.0 Å². The van der Waals surface area contributed by atoms with Crippen LogP contribution in [0.25, 0.3) is 0 Å². The van der Waals surface area contributed by atoms with Crippen LogP contribution >= 0.6 is 11.8 Å². The maximum Gasteiger partial charge on any atom is 0.324 e. The maximum atomic E-state index is 11.9. The molecule has 0 radical (unpaired) electrons. The molecule has 2 rings (SSSR count). The predicted molar refractivity (Wildman–Crippen MR) is 73.9 cm³/mol. The molecule has 0 bridgehead atoms. The summed E-state index contributed by atoms with van der Waals surface area (Å²) in [5.74, 6) is -0.408. The molecule has 1 aromatic heterocycles. The van der Waals surface area contributed by atoms with E-state index in [2.05, 4.69) is 10.3 Å². The molecule has 8 nitrogen and oxygen atoms in total. The first-order valence-corrected chi connectivity index (χ1v) is 6.87. The number of nitriles is 2. The predicted octanol–water partition coefficient (Wildman–Crippen LogP) is 0.0511. The molecular formula is C12H10N6O2S. The van der Waals surface area contributed by atoms with Crippen LogP contribution in [0.1, 0.15) is 11.1 Å². The first kappa shape index (κ1) is 14.6. The van der Waals surface area contributed by atoms with Gasteiger partial charge in [-0.05, 0) is 6.07 Å². The Labute approximate surface area is 124 Å². The van der Waals surface area contributed by atoms with Crippen molar-refractivity contribution < 1.29 is 9.59 Å². The summed E-state index contributed by atoms with van der Waals surface area (Å²) in [5.41, 5.74) is 5.87. The maximum absolute atomic E-state index is 11.9. The normalized spacial score (nSPS) is 13.4. The highest BCUT2D eigenvalue weighted by Gasteiger charge is 2.26. The number of carbonyl (C=O) groups excluding carboxylic acids is 2. The summed E-state index contributed by atoms with van der Waals surface area (Å²) < 4.78 is 0. The molecule has 1 aromatic rings. The summed E-state index contributed by atoms with van der Waals surface area (Å²) in [7, 11) is 0. The smallest absolute Gasteiger partial charge is 0.324 e. The Hall–Kier alpha value is -2.78. The highest BCUT2D eigenvalue weighted by atomic mass is 32.2. The van der Waals surface area contributed by atoms with Crippen LogP contribution < -0.4 is 11.1 Å².